The molecule has 176 valence electrons. The summed E-state index contributed by atoms with van der Waals surface area (Å²) in [5.41, 5.74) is 4.70. The van der Waals surface area contributed by atoms with Crippen molar-refractivity contribution in [3.05, 3.63) is 69.6 Å². The number of nitrogens with one attached hydrogen (secondary N) is 3. The fraction of sp³-hybridized carbons (Fsp3) is 0.308. The van der Waals surface area contributed by atoms with Crippen LogP contribution in [-0.4, -0.2) is 25.5 Å². The molecule has 5 rings (SSSR count). The van der Waals surface area contributed by atoms with Crippen molar-refractivity contribution in [1.29, 1.82) is 0 Å². The highest BCUT2D eigenvalue weighted by atomic mass is 32.1. The molecule has 0 bridgehead atoms. The zero-order chi connectivity index (χ0) is 23.7. The SMILES string of the molecule is COc1cc(C2NC(=O)c3c(sc4c3CCCC4)N2)ccc1OCC(=O)Nc1ccc(C)cc1. The number of anilines is 2. The standard InChI is InChI=1S/C26H27N3O4S/c1-15-7-10-17(11-8-15)27-22(30)14-33-19-12-9-16(13-20(19)32-2)24-28-25(31)23-18-5-3-4-6-21(18)34-26(23)29-24/h7-13,24,29H,3-6,14H2,1-2H3,(H,27,30)(H,28,31). The van der Waals surface area contributed by atoms with Gasteiger partial charge in [0.25, 0.3) is 11.8 Å². The minimum absolute atomic E-state index is 0.0368. The second-order valence-corrected chi connectivity index (χ2v) is 9.68. The molecule has 34 heavy (non-hydrogen) atoms. The minimum Gasteiger partial charge on any atom is -0.493 e. The number of fused-ring (bicyclic) bond motifs is 3. The fourth-order valence-electron chi connectivity index (χ4n) is 4.41. The van der Waals surface area contributed by atoms with Gasteiger partial charge < -0.3 is 25.4 Å². The molecule has 1 aliphatic heterocycles. The second-order valence-electron chi connectivity index (χ2n) is 8.58. The third-order valence-electron chi connectivity index (χ3n) is 6.16. The van der Waals surface area contributed by atoms with Gasteiger partial charge in [-0.25, -0.2) is 0 Å². The first-order valence-electron chi connectivity index (χ1n) is 11.4. The van der Waals surface area contributed by atoms with Crippen LogP contribution in [0.15, 0.2) is 42.5 Å². The number of amides is 2. The summed E-state index contributed by atoms with van der Waals surface area (Å²) in [7, 11) is 1.55. The average molecular weight is 478 g/mol. The van der Waals surface area contributed by atoms with Crippen molar-refractivity contribution in [2.75, 3.05) is 24.4 Å². The largest absolute Gasteiger partial charge is 0.493 e. The van der Waals surface area contributed by atoms with E-state index in [0.29, 0.717) is 11.5 Å². The number of methoxy groups -OCH3 is 1. The molecular weight excluding hydrogens is 450 g/mol. The van der Waals surface area contributed by atoms with Crippen molar-refractivity contribution in [2.24, 2.45) is 0 Å². The number of thiophene rings is 1. The lowest BCUT2D eigenvalue weighted by molar-refractivity contribution is -0.118. The van der Waals surface area contributed by atoms with E-state index in [2.05, 4.69) is 16.0 Å². The van der Waals surface area contributed by atoms with E-state index in [1.807, 2.05) is 43.3 Å². The monoisotopic (exact) mass is 477 g/mol. The van der Waals surface area contributed by atoms with Gasteiger partial charge in [0.1, 0.15) is 11.2 Å². The van der Waals surface area contributed by atoms with Crippen LogP contribution < -0.4 is 25.4 Å². The molecule has 2 amide bonds. The van der Waals surface area contributed by atoms with Gasteiger partial charge in [-0.15, -0.1) is 11.3 Å². The van der Waals surface area contributed by atoms with Gasteiger partial charge in [-0.1, -0.05) is 23.8 Å². The summed E-state index contributed by atoms with van der Waals surface area (Å²) in [6, 6.07) is 13.0. The lowest BCUT2D eigenvalue weighted by atomic mass is 9.94. The Labute approximate surface area is 202 Å². The summed E-state index contributed by atoms with van der Waals surface area (Å²) >= 11 is 1.69. The van der Waals surface area contributed by atoms with Gasteiger partial charge >= 0.3 is 0 Å². The maximum Gasteiger partial charge on any atom is 0.262 e. The van der Waals surface area contributed by atoms with Gasteiger partial charge in [-0.05, 0) is 68.0 Å². The number of hydrogen-bond acceptors (Lipinski definition) is 6. The van der Waals surface area contributed by atoms with Gasteiger partial charge in [-0.2, -0.15) is 0 Å². The van der Waals surface area contributed by atoms with Crippen LogP contribution in [0.5, 0.6) is 11.5 Å². The van der Waals surface area contributed by atoms with Crippen LogP contribution in [0.4, 0.5) is 10.7 Å². The van der Waals surface area contributed by atoms with Crippen LogP contribution in [0.3, 0.4) is 0 Å². The molecular formula is C26H27N3O4S. The van der Waals surface area contributed by atoms with Crippen molar-refractivity contribution < 1.29 is 19.1 Å². The Morgan fingerprint density at radius 1 is 1.09 bits per heavy atom. The summed E-state index contributed by atoms with van der Waals surface area (Å²) in [5.74, 6) is 0.656. The van der Waals surface area contributed by atoms with Crippen LogP contribution in [0.25, 0.3) is 0 Å². The Hall–Kier alpha value is -3.52. The molecule has 0 saturated heterocycles. The quantitative estimate of drug-likeness (QED) is 0.474. The number of ether oxygens (including phenoxy) is 2. The van der Waals surface area contributed by atoms with Crippen molar-refractivity contribution in [1.82, 2.24) is 5.32 Å². The van der Waals surface area contributed by atoms with Crippen LogP contribution in [0, 0.1) is 6.92 Å². The van der Waals surface area contributed by atoms with E-state index >= 15 is 0 Å². The smallest absolute Gasteiger partial charge is 0.262 e. The molecule has 0 saturated carbocycles. The van der Waals surface area contributed by atoms with E-state index < -0.39 is 0 Å². The molecule has 1 aliphatic carbocycles. The number of benzene rings is 2. The predicted octanol–water partition coefficient (Wildman–Crippen LogP) is 4.82. The zero-order valence-electron chi connectivity index (χ0n) is 19.2. The van der Waals surface area contributed by atoms with Gasteiger partial charge in [0, 0.05) is 10.6 Å². The first kappa shape index (κ1) is 22.3. The maximum absolute atomic E-state index is 12.9. The summed E-state index contributed by atoms with van der Waals surface area (Å²) in [6.07, 6.45) is 3.96. The molecule has 8 heteroatoms. The van der Waals surface area contributed by atoms with E-state index in [4.69, 9.17) is 9.47 Å². The first-order chi connectivity index (χ1) is 16.5. The highest BCUT2D eigenvalue weighted by Gasteiger charge is 2.32. The topological polar surface area (TPSA) is 88.7 Å². The van der Waals surface area contributed by atoms with Crippen molar-refractivity contribution in [2.45, 2.75) is 38.8 Å². The molecule has 1 unspecified atom stereocenters. The second kappa shape index (κ2) is 9.38. The summed E-state index contributed by atoms with van der Waals surface area (Å²) in [4.78, 5) is 26.5. The van der Waals surface area contributed by atoms with Gasteiger partial charge in [0.2, 0.25) is 0 Å². The number of carbonyl (C=O) groups excluding carboxylic acids is 2. The number of aryl methyl sites for hydroxylation is 2. The molecule has 1 aromatic heterocycles. The maximum atomic E-state index is 12.9. The Bertz CT molecular complexity index is 1240. The molecule has 3 aromatic rings. The highest BCUT2D eigenvalue weighted by Crippen LogP contribution is 2.42. The van der Waals surface area contributed by atoms with E-state index in [-0.39, 0.29) is 24.6 Å². The fourth-order valence-corrected chi connectivity index (χ4v) is 5.72. The summed E-state index contributed by atoms with van der Waals surface area (Å²) in [6.45, 7) is 1.84. The number of carbonyl (C=O) groups is 2. The normalized spacial score (nSPS) is 16.5. The molecule has 2 aromatic carbocycles. The Balaban J connectivity index is 1.27. The van der Waals surface area contributed by atoms with Crippen LogP contribution in [0.1, 0.15) is 50.9 Å². The molecule has 1 atom stereocenters. The third kappa shape index (κ3) is 4.46. The Kier molecular flexibility index (Phi) is 6.15. The molecule has 0 spiro atoms. The van der Waals surface area contributed by atoms with Gasteiger partial charge in [-0.3, -0.25) is 9.59 Å². The Morgan fingerprint density at radius 3 is 2.68 bits per heavy atom. The van der Waals surface area contributed by atoms with Gasteiger partial charge in [0.05, 0.1) is 12.7 Å². The van der Waals surface area contributed by atoms with Crippen molar-refractivity contribution >= 4 is 33.8 Å². The third-order valence-corrected chi connectivity index (χ3v) is 7.39. The van der Waals surface area contributed by atoms with Crippen LogP contribution >= 0.6 is 11.3 Å². The highest BCUT2D eigenvalue weighted by molar-refractivity contribution is 7.16. The Morgan fingerprint density at radius 2 is 1.88 bits per heavy atom. The van der Waals surface area contributed by atoms with Crippen molar-refractivity contribution in [3.63, 3.8) is 0 Å². The van der Waals surface area contributed by atoms with Gasteiger partial charge in [0.15, 0.2) is 18.1 Å². The molecule has 0 radical (unpaired) electrons. The van der Waals surface area contributed by atoms with E-state index in [0.717, 1.165) is 46.6 Å². The van der Waals surface area contributed by atoms with E-state index in [9.17, 15) is 9.59 Å². The predicted molar refractivity (Wildman–Crippen MR) is 133 cm³/mol. The summed E-state index contributed by atoms with van der Waals surface area (Å²) in [5, 5.41) is 10.3. The van der Waals surface area contributed by atoms with E-state index in [1.165, 1.54) is 16.9 Å². The lowest BCUT2D eigenvalue weighted by Gasteiger charge is -2.27. The number of rotatable bonds is 6. The average Bonchev–Trinajstić information content (AvgIpc) is 3.23. The molecule has 0 fully saturated rings. The van der Waals surface area contributed by atoms with Crippen LogP contribution in [-0.2, 0) is 17.6 Å². The molecule has 7 nitrogen and oxygen atoms in total. The molecule has 2 aliphatic rings. The summed E-state index contributed by atoms with van der Waals surface area (Å²) < 4.78 is 11.2. The molecule has 2 heterocycles. The van der Waals surface area contributed by atoms with Crippen molar-refractivity contribution in [3.8, 4) is 11.5 Å². The lowest BCUT2D eigenvalue weighted by Crippen LogP contribution is -2.38. The molecule has 3 N–H and O–H groups in total. The zero-order valence-corrected chi connectivity index (χ0v) is 20.0. The van der Waals surface area contributed by atoms with E-state index in [1.54, 1.807) is 24.5 Å². The first-order valence-corrected chi connectivity index (χ1v) is 12.2. The number of hydrogen-bond donors (Lipinski definition) is 3. The van der Waals surface area contributed by atoms with Crippen LogP contribution in [0.2, 0.25) is 0 Å². The minimum atomic E-state index is -0.368.